The Labute approximate surface area is 89.0 Å². The highest BCUT2D eigenvalue weighted by molar-refractivity contribution is 6.02. The highest BCUT2D eigenvalue weighted by Gasteiger charge is 2.40. The predicted molar refractivity (Wildman–Crippen MR) is 53.6 cm³/mol. The van der Waals surface area contributed by atoms with Crippen LogP contribution in [0.1, 0.15) is 26.7 Å². The van der Waals surface area contributed by atoms with Gasteiger partial charge in [0.1, 0.15) is 0 Å². The van der Waals surface area contributed by atoms with Gasteiger partial charge in [0.25, 0.3) is 0 Å². The van der Waals surface area contributed by atoms with Crippen molar-refractivity contribution in [1.29, 1.82) is 5.26 Å². The number of imide groups is 1. The van der Waals surface area contributed by atoms with Gasteiger partial charge in [-0.2, -0.15) is 5.26 Å². The van der Waals surface area contributed by atoms with Crippen LogP contribution in [0.2, 0.25) is 0 Å². The second kappa shape index (κ2) is 4.41. The summed E-state index contributed by atoms with van der Waals surface area (Å²) in [7, 11) is 0. The average molecular weight is 209 g/mol. The molecule has 0 aliphatic carbocycles. The van der Waals surface area contributed by atoms with E-state index in [0.717, 1.165) is 0 Å². The van der Waals surface area contributed by atoms with Crippen LogP contribution in [0, 0.1) is 11.3 Å². The number of hydrogen-bond donors (Lipinski definition) is 1. The van der Waals surface area contributed by atoms with Crippen molar-refractivity contribution in [3.05, 3.63) is 0 Å². The number of rotatable bonds is 3. The molecule has 0 saturated carbocycles. The highest BCUT2D eigenvalue weighted by Crippen LogP contribution is 2.18. The number of carbonyl (C=O) groups excluding carboxylic acids is 2. The van der Waals surface area contributed by atoms with Gasteiger partial charge in [-0.05, 0) is 20.3 Å². The molecule has 0 radical (unpaired) electrons. The Morgan fingerprint density at radius 3 is 2.80 bits per heavy atom. The minimum atomic E-state index is -0.663. The maximum Gasteiger partial charge on any atom is 0.246 e. The standard InChI is InChI=1S/C10H15N3O2/c1-10(2)9(15)12-8(14)7-13(10)6-4-3-5-11/h3-4,6-7H2,1-2H3,(H,12,14,15). The van der Waals surface area contributed by atoms with E-state index in [1.54, 1.807) is 13.8 Å². The van der Waals surface area contributed by atoms with Crippen molar-refractivity contribution >= 4 is 11.8 Å². The van der Waals surface area contributed by atoms with Crippen molar-refractivity contribution in [2.75, 3.05) is 13.1 Å². The summed E-state index contributed by atoms with van der Waals surface area (Å²) >= 11 is 0. The first-order chi connectivity index (χ1) is 6.98. The van der Waals surface area contributed by atoms with Gasteiger partial charge in [0.2, 0.25) is 11.8 Å². The van der Waals surface area contributed by atoms with Crippen molar-refractivity contribution in [1.82, 2.24) is 10.2 Å². The van der Waals surface area contributed by atoms with Gasteiger partial charge < -0.3 is 0 Å². The minimum Gasteiger partial charge on any atom is -0.294 e. The molecule has 0 bridgehead atoms. The number of unbranched alkanes of at least 4 members (excludes halogenated alkanes) is 1. The lowest BCUT2D eigenvalue weighted by atomic mass is 9.98. The molecule has 1 N–H and O–H groups in total. The maximum atomic E-state index is 11.5. The van der Waals surface area contributed by atoms with Gasteiger partial charge in [-0.15, -0.1) is 0 Å². The van der Waals surface area contributed by atoms with E-state index in [-0.39, 0.29) is 18.4 Å². The van der Waals surface area contributed by atoms with Crippen LogP contribution in [0.25, 0.3) is 0 Å². The quantitative estimate of drug-likeness (QED) is 0.525. The summed E-state index contributed by atoms with van der Waals surface area (Å²) in [6.07, 6.45) is 1.13. The molecule has 0 spiro atoms. The minimum absolute atomic E-state index is 0.226. The molecular formula is C10H15N3O2. The second-order valence-corrected chi connectivity index (χ2v) is 4.12. The fourth-order valence-electron chi connectivity index (χ4n) is 1.54. The molecule has 1 aliphatic rings. The van der Waals surface area contributed by atoms with Crippen molar-refractivity contribution in [3.63, 3.8) is 0 Å². The molecule has 1 fully saturated rings. The molecule has 82 valence electrons. The Balaban J connectivity index is 2.63. The summed E-state index contributed by atoms with van der Waals surface area (Å²) in [4.78, 5) is 24.5. The zero-order valence-electron chi connectivity index (χ0n) is 9.04. The first-order valence-corrected chi connectivity index (χ1v) is 4.95. The summed E-state index contributed by atoms with van der Waals surface area (Å²) in [5, 5.41) is 10.7. The third-order valence-electron chi connectivity index (χ3n) is 2.65. The van der Waals surface area contributed by atoms with Crippen molar-refractivity contribution in [3.8, 4) is 6.07 Å². The average Bonchev–Trinajstić information content (AvgIpc) is 2.14. The van der Waals surface area contributed by atoms with E-state index in [1.165, 1.54) is 0 Å². The number of nitriles is 1. The number of carbonyl (C=O) groups is 2. The monoisotopic (exact) mass is 209 g/mol. The SMILES string of the molecule is CC1(C)C(=O)NC(=O)CN1CCCC#N. The number of nitrogens with one attached hydrogen (secondary N) is 1. The van der Waals surface area contributed by atoms with Crippen molar-refractivity contribution < 1.29 is 9.59 Å². The molecule has 0 unspecified atom stereocenters. The summed E-state index contributed by atoms with van der Waals surface area (Å²) in [5.74, 6) is -0.535. The third-order valence-corrected chi connectivity index (χ3v) is 2.65. The van der Waals surface area contributed by atoms with E-state index in [2.05, 4.69) is 5.32 Å². The van der Waals surface area contributed by atoms with E-state index in [1.807, 2.05) is 11.0 Å². The molecule has 5 nitrogen and oxygen atoms in total. The fourth-order valence-corrected chi connectivity index (χ4v) is 1.54. The molecule has 0 aromatic heterocycles. The van der Waals surface area contributed by atoms with Crippen LogP contribution in [0.4, 0.5) is 0 Å². The van der Waals surface area contributed by atoms with E-state index in [9.17, 15) is 9.59 Å². The molecule has 1 aliphatic heterocycles. The van der Waals surface area contributed by atoms with Crippen molar-refractivity contribution in [2.45, 2.75) is 32.2 Å². The molecule has 1 saturated heterocycles. The summed E-state index contributed by atoms with van der Waals surface area (Å²) in [5.41, 5.74) is -0.663. The number of nitrogens with zero attached hydrogens (tertiary/aromatic N) is 2. The van der Waals surface area contributed by atoms with E-state index < -0.39 is 5.54 Å². The van der Waals surface area contributed by atoms with E-state index >= 15 is 0 Å². The Bertz CT molecular complexity index is 317. The Morgan fingerprint density at radius 2 is 2.20 bits per heavy atom. The van der Waals surface area contributed by atoms with E-state index in [4.69, 9.17) is 5.26 Å². The third kappa shape index (κ3) is 2.54. The first-order valence-electron chi connectivity index (χ1n) is 4.95. The lowest BCUT2D eigenvalue weighted by molar-refractivity contribution is -0.145. The zero-order chi connectivity index (χ0) is 11.5. The first kappa shape index (κ1) is 11.7. The maximum absolute atomic E-state index is 11.5. The van der Waals surface area contributed by atoms with Gasteiger partial charge in [0.15, 0.2) is 0 Å². The van der Waals surface area contributed by atoms with Gasteiger partial charge in [-0.25, -0.2) is 0 Å². The van der Waals surface area contributed by atoms with Gasteiger partial charge in [-0.3, -0.25) is 19.8 Å². The van der Waals surface area contributed by atoms with Gasteiger partial charge in [0, 0.05) is 13.0 Å². The topological polar surface area (TPSA) is 73.2 Å². The smallest absolute Gasteiger partial charge is 0.246 e. The van der Waals surface area contributed by atoms with Gasteiger partial charge in [-0.1, -0.05) is 0 Å². The Hall–Kier alpha value is -1.41. The predicted octanol–water partition coefficient (Wildman–Crippen LogP) is 0.0272. The largest absolute Gasteiger partial charge is 0.294 e. The zero-order valence-corrected chi connectivity index (χ0v) is 9.04. The molecule has 1 rings (SSSR count). The summed E-state index contributed by atoms with van der Waals surface area (Å²) < 4.78 is 0. The van der Waals surface area contributed by atoms with Crippen LogP contribution in [0.5, 0.6) is 0 Å². The highest BCUT2D eigenvalue weighted by atomic mass is 16.2. The second-order valence-electron chi connectivity index (χ2n) is 4.12. The normalized spacial score (nSPS) is 20.9. The lowest BCUT2D eigenvalue weighted by Crippen LogP contribution is -2.64. The molecule has 0 aromatic rings. The van der Waals surface area contributed by atoms with Crippen LogP contribution < -0.4 is 5.32 Å². The summed E-state index contributed by atoms with van der Waals surface area (Å²) in [6.45, 7) is 4.38. The number of hydrogen-bond acceptors (Lipinski definition) is 4. The van der Waals surface area contributed by atoms with Gasteiger partial charge in [0.05, 0.1) is 18.2 Å². The molecule has 15 heavy (non-hydrogen) atoms. The molecule has 0 aromatic carbocycles. The number of piperazine rings is 1. The number of amides is 2. The Kier molecular flexibility index (Phi) is 3.43. The molecular weight excluding hydrogens is 194 g/mol. The van der Waals surface area contributed by atoms with Crippen LogP contribution in [0.3, 0.4) is 0 Å². The molecule has 1 heterocycles. The van der Waals surface area contributed by atoms with Crippen molar-refractivity contribution in [2.24, 2.45) is 0 Å². The fraction of sp³-hybridized carbons (Fsp3) is 0.700. The lowest BCUT2D eigenvalue weighted by Gasteiger charge is -2.40. The molecule has 2 amide bonds. The van der Waals surface area contributed by atoms with Gasteiger partial charge >= 0.3 is 0 Å². The Morgan fingerprint density at radius 1 is 1.53 bits per heavy atom. The summed E-state index contributed by atoms with van der Waals surface area (Å²) in [6, 6.07) is 2.04. The van der Waals surface area contributed by atoms with Crippen LogP contribution in [0.15, 0.2) is 0 Å². The van der Waals surface area contributed by atoms with E-state index in [0.29, 0.717) is 19.4 Å². The van der Waals surface area contributed by atoms with Crippen LogP contribution >= 0.6 is 0 Å². The molecule has 5 heteroatoms. The van der Waals surface area contributed by atoms with Crippen LogP contribution in [-0.2, 0) is 9.59 Å². The molecule has 0 atom stereocenters. The van der Waals surface area contributed by atoms with Crippen LogP contribution in [-0.4, -0.2) is 35.3 Å².